The number of amides is 4. The molecule has 7 N–H and O–H groups in total. The average molecular weight is 938 g/mol. The lowest BCUT2D eigenvalue weighted by Gasteiger charge is -2.31. The average Bonchev–Trinajstić information content (AvgIpc) is 3.68. The Bertz CT molecular complexity index is 2890. The van der Waals surface area contributed by atoms with Crippen molar-refractivity contribution in [1.29, 1.82) is 0 Å². The zero-order valence-corrected chi connectivity index (χ0v) is 38.7. The second-order valence-electron chi connectivity index (χ2n) is 17.4. The van der Waals surface area contributed by atoms with Gasteiger partial charge in [-0.25, -0.2) is 28.2 Å². The Morgan fingerprint density at radius 3 is 2.43 bits per heavy atom. The SMILES string of the molecule is CC[C@@]1(O)C(=O)OCc2c1cc1n(c2=O)Cc2c-1nc1ccc(NC(=O)CNC(=O)[C@H](CCCCN)NC(=O)[C@@H](NC(=O)CCCC#Cc3cnc(S(C)(=O)=O)nc3)C(C)C)c3c1c2CCC3. The lowest BCUT2D eigenvalue weighted by atomic mass is 9.85. The minimum absolute atomic E-state index is 0.0359. The Hall–Kier alpha value is -6.56. The van der Waals surface area contributed by atoms with Crippen LogP contribution in [0.1, 0.15) is 106 Å². The Morgan fingerprint density at radius 2 is 1.73 bits per heavy atom. The van der Waals surface area contributed by atoms with Crippen LogP contribution in [0.5, 0.6) is 0 Å². The number of benzene rings is 1. The van der Waals surface area contributed by atoms with Crippen molar-refractivity contribution in [3.05, 3.63) is 74.3 Å². The first kappa shape index (κ1) is 48.4. The fraction of sp³-hybridized carbons (Fsp3) is 0.468. The molecule has 4 aromatic rings. The Morgan fingerprint density at radius 1 is 0.985 bits per heavy atom. The number of fused-ring (bicyclic) bond motifs is 5. The van der Waals surface area contributed by atoms with Gasteiger partial charge in [0.05, 0.1) is 41.1 Å². The summed E-state index contributed by atoms with van der Waals surface area (Å²) in [5.41, 5.74) is 9.46. The monoisotopic (exact) mass is 937 g/mol. The molecule has 3 aliphatic rings. The van der Waals surface area contributed by atoms with E-state index >= 15 is 0 Å². The molecule has 5 heterocycles. The molecular formula is C47H55N9O10S. The minimum atomic E-state index is -3.53. The molecule has 0 unspecified atom stereocenters. The number of aryl methyl sites for hydroxylation is 2. The molecule has 0 spiro atoms. The van der Waals surface area contributed by atoms with Crippen LogP contribution in [0, 0.1) is 17.8 Å². The van der Waals surface area contributed by atoms with Crippen molar-refractivity contribution in [3.63, 3.8) is 0 Å². The molecule has 19 nitrogen and oxygen atoms in total. The van der Waals surface area contributed by atoms with Gasteiger partial charge in [-0.1, -0.05) is 32.6 Å². The summed E-state index contributed by atoms with van der Waals surface area (Å²) >= 11 is 0. The number of cyclic esters (lactones) is 1. The van der Waals surface area contributed by atoms with Crippen LogP contribution in [0.4, 0.5) is 5.69 Å². The van der Waals surface area contributed by atoms with E-state index < -0.39 is 51.2 Å². The van der Waals surface area contributed by atoms with Crippen molar-refractivity contribution in [2.75, 3.05) is 24.7 Å². The normalized spacial score (nSPS) is 16.7. The smallest absolute Gasteiger partial charge is 0.343 e. The van der Waals surface area contributed by atoms with E-state index in [0.29, 0.717) is 73.2 Å². The van der Waals surface area contributed by atoms with Crippen LogP contribution >= 0.6 is 0 Å². The molecule has 7 rings (SSSR count). The number of esters is 1. The third-order valence-corrected chi connectivity index (χ3v) is 13.2. The molecule has 0 fully saturated rings. The van der Waals surface area contributed by atoms with Gasteiger partial charge in [-0.15, -0.1) is 0 Å². The van der Waals surface area contributed by atoms with Crippen LogP contribution in [0.3, 0.4) is 0 Å². The molecule has 0 saturated heterocycles. The van der Waals surface area contributed by atoms with E-state index in [1.165, 1.54) is 12.4 Å². The molecule has 2 aliphatic heterocycles. The van der Waals surface area contributed by atoms with E-state index in [2.05, 4.69) is 43.1 Å². The fourth-order valence-corrected chi connectivity index (χ4v) is 9.29. The van der Waals surface area contributed by atoms with Gasteiger partial charge in [0, 0.05) is 53.7 Å². The van der Waals surface area contributed by atoms with Gasteiger partial charge in [0.1, 0.15) is 18.7 Å². The molecule has 0 bridgehead atoms. The summed E-state index contributed by atoms with van der Waals surface area (Å²) in [5, 5.41) is 23.0. The number of nitrogens with zero attached hydrogens (tertiary/aromatic N) is 4. The summed E-state index contributed by atoms with van der Waals surface area (Å²) in [5.74, 6) is 2.62. The second kappa shape index (κ2) is 20.1. The number of hydrogen-bond donors (Lipinski definition) is 6. The van der Waals surface area contributed by atoms with Crippen molar-refractivity contribution < 1.29 is 42.2 Å². The topological polar surface area (TPSA) is 284 Å². The molecule has 354 valence electrons. The van der Waals surface area contributed by atoms with Crippen molar-refractivity contribution in [3.8, 4) is 23.2 Å². The summed E-state index contributed by atoms with van der Waals surface area (Å²) in [6, 6.07) is 3.28. The van der Waals surface area contributed by atoms with Gasteiger partial charge >= 0.3 is 5.97 Å². The number of unbranched alkanes of at least 4 members (excludes halogenated alkanes) is 2. The molecule has 3 atom stereocenters. The number of carbonyl (C=O) groups excluding carboxylic acids is 5. The third kappa shape index (κ3) is 10.2. The molecule has 1 aromatic carbocycles. The highest BCUT2D eigenvalue weighted by atomic mass is 32.2. The standard InChI is InChI=1S/C47H55N9O10S/c1-5-47(63)32-20-36-41-30(24-56(36)44(61)31(32)25-66-45(47)62)28-13-11-14-29-33(17-18-34(53-41)39(28)29)52-38(58)23-49-42(59)35(15-9-10-19-48)54-43(60)40(26(2)3)55-37(57)16-8-6-7-12-27-21-50-46(51-22-27)67(4,64)65/h17-18,20-22,26,35,40,63H,5-6,8-11,13-16,19,23-25,48H2,1-4H3,(H,49,59)(H,52,58)(H,54,60)(H,55,57)/t35-,40-,47-/m0/s1. The maximum Gasteiger partial charge on any atom is 0.343 e. The summed E-state index contributed by atoms with van der Waals surface area (Å²) < 4.78 is 30.0. The number of ether oxygens (including phenoxy) is 1. The minimum Gasteiger partial charge on any atom is -0.458 e. The van der Waals surface area contributed by atoms with Gasteiger partial charge in [0.2, 0.25) is 38.6 Å². The number of pyridine rings is 2. The first-order valence-electron chi connectivity index (χ1n) is 22.5. The number of sulfone groups is 1. The van der Waals surface area contributed by atoms with Gasteiger partial charge < -0.3 is 41.4 Å². The van der Waals surface area contributed by atoms with Crippen molar-refractivity contribution >= 4 is 56.0 Å². The van der Waals surface area contributed by atoms with Crippen molar-refractivity contribution in [1.82, 2.24) is 35.5 Å². The lowest BCUT2D eigenvalue weighted by molar-refractivity contribution is -0.172. The fourth-order valence-electron chi connectivity index (χ4n) is 8.80. The van der Waals surface area contributed by atoms with E-state index in [0.717, 1.165) is 34.8 Å². The molecule has 0 saturated carbocycles. The predicted molar refractivity (Wildman–Crippen MR) is 246 cm³/mol. The number of nitrogens with one attached hydrogen (secondary N) is 4. The van der Waals surface area contributed by atoms with Gasteiger partial charge in [-0.3, -0.25) is 24.0 Å². The predicted octanol–water partition coefficient (Wildman–Crippen LogP) is 1.79. The number of rotatable bonds is 17. The Labute approximate surface area is 387 Å². The molecule has 1 aliphatic carbocycles. The van der Waals surface area contributed by atoms with E-state index in [1.807, 2.05) is 0 Å². The van der Waals surface area contributed by atoms with Crippen LogP contribution < -0.4 is 32.6 Å². The van der Waals surface area contributed by atoms with Gasteiger partial charge in [0.15, 0.2) is 5.60 Å². The van der Waals surface area contributed by atoms with Crippen LogP contribution in [0.2, 0.25) is 0 Å². The van der Waals surface area contributed by atoms with Crippen LogP contribution in [-0.2, 0) is 70.1 Å². The number of carbonyl (C=O) groups is 5. The van der Waals surface area contributed by atoms with Gasteiger partial charge in [-0.05, 0) is 93.2 Å². The summed E-state index contributed by atoms with van der Waals surface area (Å²) in [4.78, 5) is 92.7. The van der Waals surface area contributed by atoms with E-state index in [9.17, 15) is 42.3 Å². The van der Waals surface area contributed by atoms with Crippen LogP contribution in [-0.4, -0.2) is 94.1 Å². The molecule has 4 amide bonds. The first-order chi connectivity index (χ1) is 31.9. The quantitative estimate of drug-likeness (QED) is 0.0336. The van der Waals surface area contributed by atoms with Crippen LogP contribution in [0.15, 0.2) is 40.5 Å². The highest BCUT2D eigenvalue weighted by Gasteiger charge is 2.45. The number of aliphatic hydroxyl groups is 1. The number of hydrogen-bond acceptors (Lipinski definition) is 14. The summed E-state index contributed by atoms with van der Waals surface area (Å²) in [6.07, 6.45) is 7.95. The van der Waals surface area contributed by atoms with E-state index in [1.54, 1.807) is 43.5 Å². The maximum atomic E-state index is 13.8. The highest BCUT2D eigenvalue weighted by Crippen LogP contribution is 2.43. The van der Waals surface area contributed by atoms with Gasteiger partial charge in [0.25, 0.3) is 5.56 Å². The Balaban J connectivity index is 0.980. The number of nitrogens with two attached hydrogens (primary N) is 1. The largest absolute Gasteiger partial charge is 0.458 e. The highest BCUT2D eigenvalue weighted by molar-refractivity contribution is 7.90. The first-order valence-corrected chi connectivity index (χ1v) is 24.4. The second-order valence-corrected chi connectivity index (χ2v) is 19.4. The number of anilines is 1. The van der Waals surface area contributed by atoms with E-state index in [4.69, 9.17) is 15.5 Å². The van der Waals surface area contributed by atoms with E-state index in [-0.39, 0.29) is 72.6 Å². The van der Waals surface area contributed by atoms with Crippen LogP contribution in [0.25, 0.3) is 22.3 Å². The summed E-state index contributed by atoms with van der Waals surface area (Å²) in [7, 11) is -3.53. The molecule has 0 radical (unpaired) electrons. The Kier molecular flexibility index (Phi) is 14.5. The molecular weight excluding hydrogens is 883 g/mol. The lowest BCUT2D eigenvalue weighted by Crippen LogP contribution is -2.55. The zero-order chi connectivity index (χ0) is 48.2. The molecule has 20 heteroatoms. The zero-order valence-electron chi connectivity index (χ0n) is 37.9. The third-order valence-electron chi connectivity index (χ3n) is 12.4. The summed E-state index contributed by atoms with van der Waals surface area (Å²) in [6.45, 7) is 5.22. The number of aromatic nitrogens is 4. The molecule has 3 aromatic heterocycles. The molecule has 67 heavy (non-hydrogen) atoms. The maximum absolute atomic E-state index is 13.8. The van der Waals surface area contributed by atoms with Crippen molar-refractivity contribution in [2.45, 2.75) is 121 Å². The van der Waals surface area contributed by atoms with Crippen molar-refractivity contribution in [2.24, 2.45) is 11.7 Å². The van der Waals surface area contributed by atoms with Gasteiger partial charge in [-0.2, -0.15) is 0 Å².